The molecule has 0 unspecified atom stereocenters. The molecule has 1 saturated carbocycles. The van der Waals surface area contributed by atoms with Gasteiger partial charge >= 0.3 is 6.09 Å². The zero-order valence-electron chi connectivity index (χ0n) is 9.40. The van der Waals surface area contributed by atoms with Crippen LogP contribution < -0.4 is 5.32 Å². The molecule has 0 radical (unpaired) electrons. The Morgan fingerprint density at radius 3 is 2.80 bits per heavy atom. The molecule has 1 rings (SSSR count). The quantitative estimate of drug-likeness (QED) is 0.643. The van der Waals surface area contributed by atoms with E-state index >= 15 is 0 Å². The van der Waals surface area contributed by atoms with Crippen molar-refractivity contribution in [3.63, 3.8) is 0 Å². The summed E-state index contributed by atoms with van der Waals surface area (Å²) in [4.78, 5) is 11.7. The molecule has 5 heteroatoms. The Balaban J connectivity index is 1.92. The number of hydrogen-bond donors (Lipinski definition) is 2. The molecule has 0 bridgehead atoms. The maximum absolute atomic E-state index is 10.5. The van der Waals surface area contributed by atoms with Gasteiger partial charge in [-0.15, -0.1) is 0 Å². The molecule has 0 atom stereocenters. The van der Waals surface area contributed by atoms with Gasteiger partial charge in [-0.3, -0.25) is 0 Å². The number of carboxylic acid groups (broad SMARTS) is 1. The second-order valence-electron chi connectivity index (χ2n) is 4.01. The summed E-state index contributed by atoms with van der Waals surface area (Å²) in [7, 11) is 3.53. The van der Waals surface area contributed by atoms with Crippen LogP contribution >= 0.6 is 0 Å². The van der Waals surface area contributed by atoms with Crippen molar-refractivity contribution in [3.8, 4) is 0 Å². The predicted molar refractivity (Wildman–Crippen MR) is 57.1 cm³/mol. The Labute approximate surface area is 90.4 Å². The lowest BCUT2D eigenvalue weighted by Crippen LogP contribution is -2.44. The summed E-state index contributed by atoms with van der Waals surface area (Å²) < 4.78 is 5.58. The minimum atomic E-state index is -0.881. The summed E-state index contributed by atoms with van der Waals surface area (Å²) in [6, 6.07) is 0.608. The first-order valence-corrected chi connectivity index (χ1v) is 5.36. The largest absolute Gasteiger partial charge is 0.465 e. The van der Waals surface area contributed by atoms with Crippen LogP contribution in [0.4, 0.5) is 4.79 Å². The third-order valence-corrected chi connectivity index (χ3v) is 2.82. The summed E-state index contributed by atoms with van der Waals surface area (Å²) in [5.74, 6) is 0. The molecule has 88 valence electrons. The van der Waals surface area contributed by atoms with Crippen LogP contribution in [0.5, 0.6) is 0 Å². The predicted octanol–water partition coefficient (Wildman–Crippen LogP) is 0.753. The van der Waals surface area contributed by atoms with E-state index in [2.05, 4.69) is 5.32 Å². The molecule has 1 aliphatic carbocycles. The number of rotatable bonds is 6. The SMILES string of the molecule is CNC1CC(OCCCN(C)C(=O)O)C1. The van der Waals surface area contributed by atoms with Crippen LogP contribution in [0.1, 0.15) is 19.3 Å². The monoisotopic (exact) mass is 216 g/mol. The van der Waals surface area contributed by atoms with Crippen molar-refractivity contribution in [1.82, 2.24) is 10.2 Å². The fourth-order valence-corrected chi connectivity index (χ4v) is 1.58. The van der Waals surface area contributed by atoms with Crippen LogP contribution in [0.2, 0.25) is 0 Å². The van der Waals surface area contributed by atoms with Crippen LogP contribution in [-0.4, -0.2) is 55.5 Å². The molecule has 5 nitrogen and oxygen atoms in total. The number of hydrogen-bond acceptors (Lipinski definition) is 3. The van der Waals surface area contributed by atoms with Gasteiger partial charge in [-0.25, -0.2) is 4.79 Å². The zero-order chi connectivity index (χ0) is 11.3. The molecule has 0 heterocycles. The number of nitrogens with zero attached hydrogens (tertiary/aromatic N) is 1. The Kier molecular flexibility index (Phi) is 4.84. The second kappa shape index (κ2) is 5.92. The lowest BCUT2D eigenvalue weighted by atomic mass is 9.89. The molecule has 0 aliphatic heterocycles. The lowest BCUT2D eigenvalue weighted by Gasteiger charge is -2.34. The van der Waals surface area contributed by atoms with E-state index in [1.807, 2.05) is 7.05 Å². The average Bonchev–Trinajstić information content (AvgIpc) is 2.14. The van der Waals surface area contributed by atoms with Crippen molar-refractivity contribution in [2.45, 2.75) is 31.4 Å². The van der Waals surface area contributed by atoms with Gasteiger partial charge in [0.2, 0.25) is 0 Å². The number of carbonyl (C=O) groups is 1. The van der Waals surface area contributed by atoms with E-state index in [0.717, 1.165) is 19.3 Å². The Morgan fingerprint density at radius 1 is 1.60 bits per heavy atom. The van der Waals surface area contributed by atoms with Crippen LogP contribution in [0.3, 0.4) is 0 Å². The minimum absolute atomic E-state index is 0.373. The molecule has 0 saturated heterocycles. The smallest absolute Gasteiger partial charge is 0.407 e. The molecule has 0 aromatic rings. The maximum atomic E-state index is 10.5. The van der Waals surface area contributed by atoms with Crippen LogP contribution in [0, 0.1) is 0 Å². The van der Waals surface area contributed by atoms with Crippen molar-refractivity contribution in [2.75, 3.05) is 27.2 Å². The molecule has 2 N–H and O–H groups in total. The van der Waals surface area contributed by atoms with Crippen molar-refractivity contribution in [1.29, 1.82) is 0 Å². The van der Waals surface area contributed by atoms with E-state index in [0.29, 0.717) is 25.3 Å². The van der Waals surface area contributed by atoms with E-state index in [-0.39, 0.29) is 0 Å². The summed E-state index contributed by atoms with van der Waals surface area (Å²) in [6.07, 6.45) is 2.41. The first-order chi connectivity index (χ1) is 7.13. The van der Waals surface area contributed by atoms with Crippen molar-refractivity contribution < 1.29 is 14.6 Å². The summed E-state index contributed by atoms with van der Waals surface area (Å²) >= 11 is 0. The van der Waals surface area contributed by atoms with Crippen LogP contribution in [0.15, 0.2) is 0 Å². The molecule has 0 spiro atoms. The standard InChI is InChI=1S/C10H20N2O3/c1-11-8-6-9(7-8)15-5-3-4-12(2)10(13)14/h8-9,11H,3-7H2,1-2H3,(H,13,14). The Morgan fingerprint density at radius 2 is 2.27 bits per heavy atom. The van der Waals surface area contributed by atoms with E-state index in [1.54, 1.807) is 7.05 Å². The first kappa shape index (κ1) is 12.3. The first-order valence-electron chi connectivity index (χ1n) is 5.36. The zero-order valence-corrected chi connectivity index (χ0v) is 9.40. The molecule has 1 amide bonds. The van der Waals surface area contributed by atoms with Crippen LogP contribution in [0.25, 0.3) is 0 Å². The fourth-order valence-electron chi connectivity index (χ4n) is 1.58. The molecule has 1 aliphatic rings. The number of ether oxygens (including phenoxy) is 1. The topological polar surface area (TPSA) is 61.8 Å². The van der Waals surface area contributed by atoms with Gasteiger partial charge in [0.25, 0.3) is 0 Å². The summed E-state index contributed by atoms with van der Waals surface area (Å²) in [6.45, 7) is 1.19. The maximum Gasteiger partial charge on any atom is 0.407 e. The second-order valence-corrected chi connectivity index (χ2v) is 4.01. The molecule has 1 fully saturated rings. The van der Waals surface area contributed by atoms with Gasteiger partial charge in [-0.05, 0) is 26.3 Å². The summed E-state index contributed by atoms with van der Waals surface area (Å²) in [5, 5.41) is 11.8. The van der Waals surface area contributed by atoms with Gasteiger partial charge in [0.05, 0.1) is 6.10 Å². The highest BCUT2D eigenvalue weighted by Crippen LogP contribution is 2.22. The Bertz CT molecular complexity index is 205. The van der Waals surface area contributed by atoms with E-state index in [4.69, 9.17) is 9.84 Å². The van der Waals surface area contributed by atoms with Crippen molar-refractivity contribution >= 4 is 6.09 Å². The van der Waals surface area contributed by atoms with Gasteiger partial charge in [0.15, 0.2) is 0 Å². The highest BCUT2D eigenvalue weighted by atomic mass is 16.5. The fraction of sp³-hybridized carbons (Fsp3) is 0.900. The van der Waals surface area contributed by atoms with E-state index in [1.165, 1.54) is 4.90 Å². The average molecular weight is 216 g/mol. The van der Waals surface area contributed by atoms with Gasteiger partial charge in [-0.1, -0.05) is 0 Å². The van der Waals surface area contributed by atoms with Gasteiger partial charge in [-0.2, -0.15) is 0 Å². The Hall–Kier alpha value is -0.810. The number of amides is 1. The van der Waals surface area contributed by atoms with Gasteiger partial charge < -0.3 is 20.1 Å². The molecule has 0 aromatic heterocycles. The van der Waals surface area contributed by atoms with Crippen molar-refractivity contribution in [3.05, 3.63) is 0 Å². The summed E-state index contributed by atoms with van der Waals surface area (Å²) in [5.41, 5.74) is 0. The van der Waals surface area contributed by atoms with Crippen LogP contribution in [-0.2, 0) is 4.74 Å². The third-order valence-electron chi connectivity index (χ3n) is 2.82. The third kappa shape index (κ3) is 4.05. The van der Waals surface area contributed by atoms with E-state index < -0.39 is 6.09 Å². The van der Waals surface area contributed by atoms with Gasteiger partial charge in [0.1, 0.15) is 0 Å². The molecular formula is C10H20N2O3. The molecule has 15 heavy (non-hydrogen) atoms. The number of nitrogens with one attached hydrogen (secondary N) is 1. The normalized spacial score (nSPS) is 24.7. The van der Waals surface area contributed by atoms with Crippen molar-refractivity contribution in [2.24, 2.45) is 0 Å². The molecule has 0 aromatic carbocycles. The molecular weight excluding hydrogens is 196 g/mol. The lowest BCUT2D eigenvalue weighted by molar-refractivity contribution is -0.0171. The highest BCUT2D eigenvalue weighted by molar-refractivity contribution is 5.64. The van der Waals surface area contributed by atoms with E-state index in [9.17, 15) is 4.79 Å². The highest BCUT2D eigenvalue weighted by Gasteiger charge is 2.27. The minimum Gasteiger partial charge on any atom is -0.465 e. The van der Waals surface area contributed by atoms with Gasteiger partial charge in [0, 0.05) is 26.2 Å².